The van der Waals surface area contributed by atoms with Crippen molar-refractivity contribution >= 4 is 11.9 Å². The van der Waals surface area contributed by atoms with Crippen molar-refractivity contribution < 1.29 is 33.0 Å². The Bertz CT molecular complexity index is 1700. The van der Waals surface area contributed by atoms with Crippen LogP contribution in [0.3, 0.4) is 0 Å². The second-order valence-electron chi connectivity index (χ2n) is 18.5. The summed E-state index contributed by atoms with van der Waals surface area (Å²) in [5, 5.41) is 12.6. The number of amides is 1. The summed E-state index contributed by atoms with van der Waals surface area (Å²) in [6.07, 6.45) is 9.98. The van der Waals surface area contributed by atoms with Gasteiger partial charge >= 0.3 is 5.97 Å². The molecule has 5 saturated carbocycles. The van der Waals surface area contributed by atoms with Crippen molar-refractivity contribution in [2.45, 2.75) is 124 Å². The maximum Gasteiger partial charge on any atom is 0.339 e. The first-order chi connectivity index (χ1) is 24.1. The number of aromatic nitrogens is 1. The van der Waals surface area contributed by atoms with Crippen molar-refractivity contribution in [2.75, 3.05) is 6.54 Å². The molecule has 6 aliphatic rings. The minimum absolute atomic E-state index is 0.0953. The lowest BCUT2D eigenvalue weighted by Gasteiger charge is -2.63. The molecule has 0 radical (unpaired) electrons. The Morgan fingerprint density at radius 1 is 1.02 bits per heavy atom. The van der Waals surface area contributed by atoms with Crippen LogP contribution in [0.4, 0.5) is 8.78 Å². The number of esters is 1. The lowest BCUT2D eigenvalue weighted by Crippen LogP contribution is -2.60. The molecule has 8 rings (SSSR count). The molecule has 12 atom stereocenters. The molecule has 51 heavy (non-hydrogen) atoms. The number of aliphatic hydroxyl groups is 1. The van der Waals surface area contributed by atoms with E-state index in [4.69, 9.17) is 9.47 Å². The Balaban J connectivity index is 1.02. The number of hydrogen-bond acceptors (Lipinski definition) is 6. The third kappa shape index (κ3) is 4.95. The second kappa shape index (κ2) is 11.8. The third-order valence-corrected chi connectivity index (χ3v) is 16.1. The van der Waals surface area contributed by atoms with Crippen molar-refractivity contribution in [1.82, 2.24) is 9.88 Å². The fourth-order valence-corrected chi connectivity index (χ4v) is 13.9. The van der Waals surface area contributed by atoms with Crippen molar-refractivity contribution in [2.24, 2.45) is 50.7 Å². The standard InChI is InChI=1S/C42H54F2N2O5/c1-24-16-30(22-46(25(2)47)21-26-17-28(43)19-29(44)18-26)50-35-34(24)39(5)13-14-42-23-41(42)12-11-33(51-37(49)27-8-7-15-45-20-27)38(3,4)31(41)9-10-32(42)40(39,6)36(35)48/h7-8,15,17-20,24,30-36,48H,9-14,16,21-23H2,1-6H3/t24-,30?,31+,32?,33+,34+,35?,36+,39-,40-,41-,42+/m1/s1. The molecular weight excluding hydrogens is 650 g/mol. The summed E-state index contributed by atoms with van der Waals surface area (Å²) in [6.45, 7) is 13.6. The van der Waals surface area contributed by atoms with Gasteiger partial charge in [0, 0.05) is 49.3 Å². The van der Waals surface area contributed by atoms with Crippen LogP contribution in [0, 0.1) is 62.4 Å². The highest BCUT2D eigenvalue weighted by Crippen LogP contribution is 2.89. The molecule has 1 aliphatic heterocycles. The fourth-order valence-electron chi connectivity index (χ4n) is 13.9. The molecule has 2 heterocycles. The summed E-state index contributed by atoms with van der Waals surface area (Å²) in [5.74, 6) is -0.519. The van der Waals surface area contributed by atoms with E-state index in [9.17, 15) is 23.5 Å². The summed E-state index contributed by atoms with van der Waals surface area (Å²) in [5.41, 5.74) is 0.666. The largest absolute Gasteiger partial charge is 0.458 e. The number of pyridine rings is 1. The average Bonchev–Trinajstić information content (AvgIpc) is 3.70. The van der Waals surface area contributed by atoms with Crippen LogP contribution >= 0.6 is 0 Å². The van der Waals surface area contributed by atoms with E-state index >= 15 is 0 Å². The number of aliphatic hydroxyl groups excluding tert-OH is 1. The first kappa shape index (κ1) is 35.1. The van der Waals surface area contributed by atoms with E-state index in [0.29, 0.717) is 29.5 Å². The summed E-state index contributed by atoms with van der Waals surface area (Å²) >= 11 is 0. The number of nitrogens with zero attached hydrogens (tertiary/aromatic N) is 2. The third-order valence-electron chi connectivity index (χ3n) is 16.1. The Morgan fingerprint density at radius 3 is 2.41 bits per heavy atom. The van der Waals surface area contributed by atoms with E-state index in [1.807, 2.05) is 0 Å². The van der Waals surface area contributed by atoms with Crippen LogP contribution in [-0.2, 0) is 20.8 Å². The maximum atomic E-state index is 14.0. The minimum Gasteiger partial charge on any atom is -0.458 e. The predicted octanol–water partition coefficient (Wildman–Crippen LogP) is 7.75. The minimum atomic E-state index is -0.665. The van der Waals surface area contributed by atoms with Gasteiger partial charge < -0.3 is 19.5 Å². The molecule has 6 fully saturated rings. The molecule has 1 N–H and O–H groups in total. The van der Waals surface area contributed by atoms with Crippen molar-refractivity contribution in [1.29, 1.82) is 0 Å². The van der Waals surface area contributed by atoms with E-state index in [1.165, 1.54) is 25.5 Å². The highest BCUT2D eigenvalue weighted by Gasteiger charge is 2.84. The van der Waals surface area contributed by atoms with Gasteiger partial charge in [-0.1, -0.05) is 34.6 Å². The zero-order chi connectivity index (χ0) is 36.3. The van der Waals surface area contributed by atoms with E-state index in [2.05, 4.69) is 39.6 Å². The topological polar surface area (TPSA) is 89.0 Å². The number of hydrogen-bond donors (Lipinski definition) is 1. The summed E-state index contributed by atoms with van der Waals surface area (Å²) in [4.78, 5) is 31.6. The molecule has 9 heteroatoms. The number of carbonyl (C=O) groups excluding carboxylic acids is 2. The number of rotatable bonds is 6. The van der Waals surface area contributed by atoms with Gasteiger partial charge in [0.15, 0.2) is 0 Å². The van der Waals surface area contributed by atoms with Gasteiger partial charge in [0.2, 0.25) is 5.91 Å². The van der Waals surface area contributed by atoms with Crippen LogP contribution in [0.2, 0.25) is 0 Å². The number of halogens is 2. The van der Waals surface area contributed by atoms with Gasteiger partial charge in [0.1, 0.15) is 17.7 Å². The van der Waals surface area contributed by atoms with Gasteiger partial charge in [-0.3, -0.25) is 9.78 Å². The van der Waals surface area contributed by atoms with Crippen LogP contribution in [-0.4, -0.2) is 57.8 Å². The molecule has 5 aliphatic carbocycles. The zero-order valence-electron chi connectivity index (χ0n) is 31.0. The molecule has 1 saturated heterocycles. The molecule has 0 bridgehead atoms. The zero-order valence-corrected chi connectivity index (χ0v) is 31.0. The fraction of sp³-hybridized carbons (Fsp3) is 0.690. The maximum absolute atomic E-state index is 14.0. The highest BCUT2D eigenvalue weighted by molar-refractivity contribution is 5.89. The number of carbonyl (C=O) groups is 2. The van der Waals surface area contributed by atoms with Gasteiger partial charge in [-0.15, -0.1) is 0 Å². The van der Waals surface area contributed by atoms with Crippen LogP contribution in [0.15, 0.2) is 42.7 Å². The summed E-state index contributed by atoms with van der Waals surface area (Å²) in [6, 6.07) is 6.90. The number of fused-ring (bicyclic) bond motifs is 4. The molecular formula is C42H54F2N2O5. The molecule has 1 aromatic heterocycles. The smallest absolute Gasteiger partial charge is 0.339 e. The normalized spacial score (nSPS) is 43.1. The average molecular weight is 705 g/mol. The SMILES string of the molecule is CC(=O)N(Cc1cc(F)cc(F)c1)CC1C[C@@H](C)[C@H]2C(O1)[C@H](O)[C@@]1(C)C3CC[C@H]4C(C)(C)[C@@H](OC(=O)c5cccnc5)CC[C@@]45C[C@@]35CC[C@]21C. The Kier molecular flexibility index (Phi) is 8.13. The Hall–Kier alpha value is -2.91. The predicted molar refractivity (Wildman–Crippen MR) is 187 cm³/mol. The molecule has 276 valence electrons. The van der Waals surface area contributed by atoms with Crippen molar-refractivity contribution in [3.05, 3.63) is 65.5 Å². The Labute approximate surface area is 300 Å². The molecule has 2 spiro atoms. The van der Waals surface area contributed by atoms with Crippen LogP contribution in [0.1, 0.15) is 109 Å². The number of ether oxygens (including phenoxy) is 2. The molecule has 1 aromatic carbocycles. The number of benzene rings is 1. The lowest BCUT2D eigenvalue weighted by molar-refractivity contribution is -0.183. The highest BCUT2D eigenvalue weighted by atomic mass is 19.1. The van der Waals surface area contributed by atoms with Gasteiger partial charge in [0.25, 0.3) is 0 Å². The first-order valence-electron chi connectivity index (χ1n) is 19.2. The molecule has 7 nitrogen and oxygen atoms in total. The summed E-state index contributed by atoms with van der Waals surface area (Å²) < 4.78 is 41.1. The summed E-state index contributed by atoms with van der Waals surface area (Å²) in [7, 11) is 0. The van der Waals surface area contributed by atoms with E-state index in [1.54, 1.807) is 29.4 Å². The molecule has 1 amide bonds. The van der Waals surface area contributed by atoms with Crippen LogP contribution < -0.4 is 0 Å². The van der Waals surface area contributed by atoms with Gasteiger partial charge in [0.05, 0.1) is 23.9 Å². The van der Waals surface area contributed by atoms with Crippen LogP contribution in [0.5, 0.6) is 0 Å². The van der Waals surface area contributed by atoms with Gasteiger partial charge in [-0.2, -0.15) is 0 Å². The Morgan fingerprint density at radius 2 is 1.73 bits per heavy atom. The molecule has 3 unspecified atom stereocenters. The lowest BCUT2D eigenvalue weighted by atomic mass is 9.41. The van der Waals surface area contributed by atoms with E-state index in [-0.39, 0.29) is 75.6 Å². The van der Waals surface area contributed by atoms with Crippen molar-refractivity contribution in [3.63, 3.8) is 0 Å². The van der Waals surface area contributed by atoms with E-state index in [0.717, 1.165) is 51.0 Å². The molecule has 2 aromatic rings. The van der Waals surface area contributed by atoms with Gasteiger partial charge in [-0.05, 0) is 121 Å². The van der Waals surface area contributed by atoms with Crippen molar-refractivity contribution in [3.8, 4) is 0 Å². The van der Waals surface area contributed by atoms with E-state index < -0.39 is 17.7 Å². The monoisotopic (exact) mass is 704 g/mol. The second-order valence-corrected chi connectivity index (χ2v) is 18.5. The first-order valence-corrected chi connectivity index (χ1v) is 19.2. The van der Waals surface area contributed by atoms with Gasteiger partial charge in [-0.25, -0.2) is 13.6 Å². The van der Waals surface area contributed by atoms with Crippen LogP contribution in [0.25, 0.3) is 0 Å². The quantitative estimate of drug-likeness (QED) is 0.310.